The number of fused-ring (bicyclic) bond motifs is 2. The second-order valence-corrected chi connectivity index (χ2v) is 8.24. The predicted octanol–water partition coefficient (Wildman–Crippen LogP) is 4.39. The molecule has 1 atom stereocenters. The van der Waals surface area contributed by atoms with Crippen molar-refractivity contribution in [1.29, 1.82) is 0 Å². The fraction of sp³-hybridized carbons (Fsp3) is 0.400. The molecule has 0 amide bonds. The van der Waals surface area contributed by atoms with E-state index in [-0.39, 0.29) is 18.4 Å². The van der Waals surface area contributed by atoms with E-state index in [2.05, 4.69) is 4.57 Å². The van der Waals surface area contributed by atoms with Gasteiger partial charge in [0.05, 0.1) is 23.7 Å². The van der Waals surface area contributed by atoms with Gasteiger partial charge in [-0.25, -0.2) is 4.79 Å². The molecule has 0 fully saturated rings. The maximum Gasteiger partial charge on any atom is 0.339 e. The molecule has 0 radical (unpaired) electrons. The molecule has 1 unspecified atom stereocenters. The largest absolute Gasteiger partial charge is 0.454 e. The lowest BCUT2D eigenvalue weighted by molar-refractivity contribution is 0.0475. The average Bonchev–Trinajstić information content (AvgIpc) is 3.33. The summed E-state index contributed by atoms with van der Waals surface area (Å²) in [6.07, 6.45) is 2.65. The third-order valence-corrected chi connectivity index (χ3v) is 6.09. The molecule has 4 rings (SSSR count). The number of aromatic nitrogens is 2. The standard InChI is InChI=1S/C25H28N2O4/c1-15-12-20(17(3)27(15)16(2)13-30-4)23(28)14-31-25(29)24-18-8-5-6-10-21(18)26-22-11-7-9-19(22)24/h5-6,8,10,12,16H,7,9,11,13-14H2,1-4H3. The Morgan fingerprint density at radius 1 is 1.19 bits per heavy atom. The van der Waals surface area contributed by atoms with Gasteiger partial charge in [-0.15, -0.1) is 0 Å². The Bertz CT molecular complexity index is 1160. The van der Waals surface area contributed by atoms with Gasteiger partial charge in [0.1, 0.15) is 0 Å². The molecule has 0 spiro atoms. The van der Waals surface area contributed by atoms with E-state index >= 15 is 0 Å². The summed E-state index contributed by atoms with van der Waals surface area (Å²) >= 11 is 0. The van der Waals surface area contributed by atoms with Gasteiger partial charge in [-0.2, -0.15) is 0 Å². The number of hydrogen-bond acceptors (Lipinski definition) is 5. The van der Waals surface area contributed by atoms with Crippen molar-refractivity contribution in [1.82, 2.24) is 9.55 Å². The van der Waals surface area contributed by atoms with Crippen LogP contribution in [0.1, 0.15) is 62.7 Å². The minimum Gasteiger partial charge on any atom is -0.454 e. The third kappa shape index (κ3) is 3.88. The molecule has 0 saturated carbocycles. The van der Waals surface area contributed by atoms with Crippen LogP contribution in [0.3, 0.4) is 0 Å². The first-order chi connectivity index (χ1) is 14.9. The van der Waals surface area contributed by atoms with E-state index in [9.17, 15) is 9.59 Å². The molecule has 3 aromatic rings. The Balaban J connectivity index is 1.57. The van der Waals surface area contributed by atoms with Crippen molar-refractivity contribution < 1.29 is 19.1 Å². The van der Waals surface area contributed by atoms with Gasteiger partial charge in [0.15, 0.2) is 6.61 Å². The minimum atomic E-state index is -0.452. The Morgan fingerprint density at radius 2 is 1.97 bits per heavy atom. The topological polar surface area (TPSA) is 70.4 Å². The predicted molar refractivity (Wildman–Crippen MR) is 119 cm³/mol. The van der Waals surface area contributed by atoms with Crippen LogP contribution < -0.4 is 0 Å². The van der Waals surface area contributed by atoms with Gasteiger partial charge < -0.3 is 14.0 Å². The van der Waals surface area contributed by atoms with Gasteiger partial charge in [0.25, 0.3) is 0 Å². The zero-order valence-corrected chi connectivity index (χ0v) is 18.5. The number of carbonyl (C=O) groups excluding carboxylic acids is 2. The molecule has 1 aliphatic carbocycles. The monoisotopic (exact) mass is 420 g/mol. The molecule has 0 aliphatic heterocycles. The molecule has 6 nitrogen and oxygen atoms in total. The van der Waals surface area contributed by atoms with Crippen LogP contribution in [-0.2, 0) is 22.3 Å². The van der Waals surface area contributed by atoms with Crippen molar-refractivity contribution >= 4 is 22.7 Å². The van der Waals surface area contributed by atoms with Crippen molar-refractivity contribution in [3.8, 4) is 0 Å². The van der Waals surface area contributed by atoms with Crippen LogP contribution in [0.15, 0.2) is 30.3 Å². The molecule has 2 heterocycles. The quantitative estimate of drug-likeness (QED) is 0.419. The molecule has 31 heavy (non-hydrogen) atoms. The first kappa shape index (κ1) is 21.2. The molecular weight excluding hydrogens is 392 g/mol. The number of nitrogens with zero attached hydrogens (tertiary/aromatic N) is 2. The number of rotatable bonds is 7. The highest BCUT2D eigenvalue weighted by Crippen LogP contribution is 2.30. The lowest BCUT2D eigenvalue weighted by Crippen LogP contribution is -2.18. The molecule has 6 heteroatoms. The van der Waals surface area contributed by atoms with Crippen LogP contribution in [0, 0.1) is 13.8 Å². The van der Waals surface area contributed by atoms with Gasteiger partial charge in [0.2, 0.25) is 5.78 Å². The van der Waals surface area contributed by atoms with E-state index in [0.717, 1.165) is 52.8 Å². The molecule has 0 saturated heterocycles. The van der Waals surface area contributed by atoms with Crippen LogP contribution in [0.5, 0.6) is 0 Å². The number of ketones is 1. The van der Waals surface area contributed by atoms with Crippen molar-refractivity contribution in [2.75, 3.05) is 20.3 Å². The Hall–Kier alpha value is -2.99. The van der Waals surface area contributed by atoms with Gasteiger partial charge in [-0.3, -0.25) is 9.78 Å². The number of Topliss-reactive ketones (excluding diaryl/α,β-unsaturated/α-hetero) is 1. The van der Waals surface area contributed by atoms with Gasteiger partial charge in [0, 0.05) is 35.1 Å². The fourth-order valence-corrected chi connectivity index (χ4v) is 4.78. The number of carbonyl (C=O) groups is 2. The second kappa shape index (κ2) is 8.63. The Kier molecular flexibility index (Phi) is 5.92. The van der Waals surface area contributed by atoms with E-state index < -0.39 is 5.97 Å². The summed E-state index contributed by atoms with van der Waals surface area (Å²) in [6, 6.07) is 9.58. The summed E-state index contributed by atoms with van der Waals surface area (Å²) in [5, 5.41) is 0.784. The van der Waals surface area contributed by atoms with Crippen molar-refractivity contribution in [2.24, 2.45) is 0 Å². The van der Waals surface area contributed by atoms with Crippen LogP contribution in [0.25, 0.3) is 10.9 Å². The zero-order valence-electron chi connectivity index (χ0n) is 18.5. The number of ether oxygens (including phenoxy) is 2. The summed E-state index contributed by atoms with van der Waals surface area (Å²) in [5.41, 5.74) is 5.70. The van der Waals surface area contributed by atoms with Crippen LogP contribution in [-0.4, -0.2) is 41.6 Å². The van der Waals surface area contributed by atoms with E-state index in [0.29, 0.717) is 17.7 Å². The van der Waals surface area contributed by atoms with Gasteiger partial charge >= 0.3 is 5.97 Å². The van der Waals surface area contributed by atoms with Crippen LogP contribution in [0.2, 0.25) is 0 Å². The van der Waals surface area contributed by atoms with Crippen molar-refractivity contribution in [3.05, 3.63) is 64.1 Å². The third-order valence-electron chi connectivity index (χ3n) is 6.09. The number of hydrogen-bond donors (Lipinski definition) is 0. The van der Waals surface area contributed by atoms with Crippen molar-refractivity contribution in [2.45, 2.75) is 46.1 Å². The van der Waals surface area contributed by atoms with E-state index in [4.69, 9.17) is 14.5 Å². The zero-order chi connectivity index (χ0) is 22.1. The summed E-state index contributed by atoms with van der Waals surface area (Å²) in [4.78, 5) is 30.7. The van der Waals surface area contributed by atoms with Crippen LogP contribution in [0.4, 0.5) is 0 Å². The minimum absolute atomic E-state index is 0.111. The molecule has 1 aliphatic rings. The number of para-hydroxylation sites is 1. The molecule has 1 aromatic carbocycles. The summed E-state index contributed by atoms with van der Waals surface area (Å²) in [7, 11) is 1.66. The second-order valence-electron chi connectivity index (χ2n) is 8.24. The molecule has 0 bridgehead atoms. The number of pyridine rings is 1. The molecule has 162 valence electrons. The van der Waals surface area contributed by atoms with E-state index in [1.165, 1.54) is 0 Å². The number of esters is 1. The summed E-state index contributed by atoms with van der Waals surface area (Å²) in [5.74, 6) is -0.654. The highest BCUT2D eigenvalue weighted by Gasteiger charge is 2.26. The number of aryl methyl sites for hydroxylation is 2. The number of benzene rings is 1. The first-order valence-electron chi connectivity index (χ1n) is 10.7. The SMILES string of the molecule is COCC(C)n1c(C)cc(C(=O)COC(=O)c2c3c(nc4ccccc24)CCC3)c1C. The fourth-order valence-electron chi connectivity index (χ4n) is 4.78. The normalized spacial score (nSPS) is 13.9. The first-order valence-corrected chi connectivity index (χ1v) is 10.7. The van der Waals surface area contributed by atoms with E-state index in [1.807, 2.05) is 51.1 Å². The molecule has 0 N–H and O–H groups in total. The summed E-state index contributed by atoms with van der Waals surface area (Å²) in [6.45, 7) is 6.20. The highest BCUT2D eigenvalue weighted by molar-refractivity contribution is 6.06. The van der Waals surface area contributed by atoms with Gasteiger partial charge in [-0.1, -0.05) is 18.2 Å². The molecular formula is C25H28N2O4. The maximum absolute atomic E-state index is 13.1. The Morgan fingerprint density at radius 3 is 2.74 bits per heavy atom. The summed E-state index contributed by atoms with van der Waals surface area (Å²) < 4.78 is 12.9. The Labute approximate surface area is 182 Å². The number of methoxy groups -OCH3 is 1. The smallest absolute Gasteiger partial charge is 0.339 e. The average molecular weight is 421 g/mol. The highest BCUT2D eigenvalue weighted by atomic mass is 16.5. The lowest BCUT2D eigenvalue weighted by atomic mass is 10.0. The maximum atomic E-state index is 13.1. The molecule has 2 aromatic heterocycles. The van der Waals surface area contributed by atoms with E-state index in [1.54, 1.807) is 7.11 Å². The van der Waals surface area contributed by atoms with Gasteiger partial charge in [-0.05, 0) is 57.7 Å². The van der Waals surface area contributed by atoms with Crippen LogP contribution >= 0.6 is 0 Å². The van der Waals surface area contributed by atoms with Crippen molar-refractivity contribution in [3.63, 3.8) is 0 Å². The lowest BCUT2D eigenvalue weighted by Gasteiger charge is -2.17.